The van der Waals surface area contributed by atoms with Crippen molar-refractivity contribution in [2.45, 2.75) is 13.0 Å². The molecular weight excluding hydrogens is 304 g/mol. The van der Waals surface area contributed by atoms with E-state index in [1.165, 1.54) is 6.07 Å². The molecule has 0 spiro atoms. The van der Waals surface area contributed by atoms with Crippen molar-refractivity contribution in [2.75, 3.05) is 13.2 Å². The molecule has 2 amide bonds. The molecule has 1 aromatic heterocycles. The van der Waals surface area contributed by atoms with Gasteiger partial charge in [-0.05, 0) is 18.6 Å². The van der Waals surface area contributed by atoms with Crippen LogP contribution in [0.2, 0.25) is 0 Å². The Kier molecular flexibility index (Phi) is 5.64. The van der Waals surface area contributed by atoms with Crippen molar-refractivity contribution in [3.05, 3.63) is 41.5 Å². The molecule has 1 aromatic carbocycles. The molecule has 9 heteroatoms. The Bertz CT molecular complexity index is 685. The average Bonchev–Trinajstić information content (AvgIpc) is 3.02. The van der Waals surface area contributed by atoms with Gasteiger partial charge in [-0.25, -0.2) is 0 Å². The highest BCUT2D eigenvalue weighted by molar-refractivity contribution is 5.95. The number of rotatable bonds is 8. The molecule has 0 radical (unpaired) electrons. The van der Waals surface area contributed by atoms with Gasteiger partial charge in [-0.2, -0.15) is 4.98 Å². The molecule has 0 saturated carbocycles. The highest BCUT2D eigenvalue weighted by atomic mass is 16.5. The molecule has 2 aromatic rings. The number of nitrogens with two attached hydrogens (primary N) is 1. The van der Waals surface area contributed by atoms with E-state index in [9.17, 15) is 9.59 Å². The first kappa shape index (κ1) is 16.4. The van der Waals surface area contributed by atoms with E-state index in [1.807, 2.05) is 0 Å². The molecule has 4 N–H and O–H groups in total. The Labute approximate surface area is 131 Å². The number of primary amides is 1. The van der Waals surface area contributed by atoms with Gasteiger partial charge in [-0.15, -0.1) is 0 Å². The summed E-state index contributed by atoms with van der Waals surface area (Å²) in [6.07, 6.45) is 0.430. The normalized spacial score (nSPS) is 10.3. The maximum absolute atomic E-state index is 11.7. The minimum Gasteiger partial charge on any atom is -0.485 e. The molecule has 122 valence electrons. The molecular formula is C14H16N4O5. The van der Waals surface area contributed by atoms with Crippen molar-refractivity contribution < 1.29 is 24.0 Å². The van der Waals surface area contributed by atoms with Crippen molar-refractivity contribution in [3.8, 4) is 5.75 Å². The predicted octanol–water partition coefficient (Wildman–Crippen LogP) is -0.140. The lowest BCUT2D eigenvalue weighted by atomic mass is 10.2. The Morgan fingerprint density at radius 3 is 2.87 bits per heavy atom. The summed E-state index contributed by atoms with van der Waals surface area (Å²) >= 11 is 0. The van der Waals surface area contributed by atoms with Crippen LogP contribution in [0.1, 0.15) is 33.3 Å². The lowest BCUT2D eigenvalue weighted by Crippen LogP contribution is -2.25. The third-order valence-corrected chi connectivity index (χ3v) is 2.79. The van der Waals surface area contributed by atoms with Crippen LogP contribution in [0.15, 0.2) is 28.8 Å². The molecule has 0 unspecified atom stereocenters. The zero-order chi connectivity index (χ0) is 16.7. The summed E-state index contributed by atoms with van der Waals surface area (Å²) in [5.41, 5.74) is 5.48. The van der Waals surface area contributed by atoms with Crippen LogP contribution in [0.3, 0.4) is 0 Å². The van der Waals surface area contributed by atoms with Gasteiger partial charge < -0.3 is 25.4 Å². The fourth-order valence-corrected chi connectivity index (χ4v) is 1.70. The van der Waals surface area contributed by atoms with Crippen LogP contribution in [0.5, 0.6) is 5.75 Å². The number of carbonyl (C=O) groups is 2. The fourth-order valence-electron chi connectivity index (χ4n) is 1.70. The quantitative estimate of drug-likeness (QED) is 0.575. The van der Waals surface area contributed by atoms with Crippen LogP contribution in [0, 0.1) is 0 Å². The maximum Gasteiger partial charge on any atom is 0.316 e. The highest BCUT2D eigenvalue weighted by Crippen LogP contribution is 2.18. The fraction of sp³-hybridized carbons (Fsp3) is 0.286. The van der Waals surface area contributed by atoms with Crippen LogP contribution in [0.4, 0.5) is 0 Å². The molecule has 23 heavy (non-hydrogen) atoms. The number of amides is 2. The highest BCUT2D eigenvalue weighted by Gasteiger charge is 2.15. The number of nitrogens with one attached hydrogen (secondary N) is 1. The van der Waals surface area contributed by atoms with Crippen LogP contribution in [-0.2, 0) is 6.61 Å². The first-order valence-electron chi connectivity index (χ1n) is 6.85. The lowest BCUT2D eigenvalue weighted by Gasteiger charge is -2.06. The van der Waals surface area contributed by atoms with Crippen molar-refractivity contribution in [1.29, 1.82) is 0 Å². The SMILES string of the molecule is NC(=O)c1ccccc1OCc1noc(C(=O)NCCCO)n1. The van der Waals surface area contributed by atoms with Gasteiger partial charge in [0.05, 0.1) is 5.56 Å². The third-order valence-electron chi connectivity index (χ3n) is 2.79. The van der Waals surface area contributed by atoms with Gasteiger partial charge in [0.2, 0.25) is 5.82 Å². The summed E-state index contributed by atoms with van der Waals surface area (Å²) in [5.74, 6) is -0.910. The monoisotopic (exact) mass is 320 g/mol. The van der Waals surface area contributed by atoms with Crippen molar-refractivity contribution >= 4 is 11.8 Å². The molecule has 9 nitrogen and oxygen atoms in total. The van der Waals surface area contributed by atoms with E-state index < -0.39 is 11.8 Å². The number of hydrogen-bond donors (Lipinski definition) is 3. The van der Waals surface area contributed by atoms with Crippen LogP contribution < -0.4 is 15.8 Å². The topological polar surface area (TPSA) is 141 Å². The maximum atomic E-state index is 11.7. The van der Waals surface area contributed by atoms with E-state index in [-0.39, 0.29) is 30.5 Å². The smallest absolute Gasteiger partial charge is 0.316 e. The first-order valence-corrected chi connectivity index (χ1v) is 6.85. The van der Waals surface area contributed by atoms with Crippen LogP contribution in [0.25, 0.3) is 0 Å². The summed E-state index contributed by atoms with van der Waals surface area (Å²) in [4.78, 5) is 26.8. The number of aliphatic hydroxyl groups is 1. The van der Waals surface area contributed by atoms with Gasteiger partial charge in [-0.1, -0.05) is 17.3 Å². The number of ether oxygens (including phenoxy) is 1. The zero-order valence-electron chi connectivity index (χ0n) is 12.2. The molecule has 0 bridgehead atoms. The van der Waals surface area contributed by atoms with Gasteiger partial charge >= 0.3 is 11.8 Å². The van der Waals surface area contributed by atoms with E-state index in [4.69, 9.17) is 20.1 Å². The molecule has 0 atom stereocenters. The predicted molar refractivity (Wildman–Crippen MR) is 77.6 cm³/mol. The first-order chi connectivity index (χ1) is 11.1. The summed E-state index contributed by atoms with van der Waals surface area (Å²) in [5, 5.41) is 14.8. The Morgan fingerprint density at radius 2 is 2.13 bits per heavy atom. The Morgan fingerprint density at radius 1 is 1.35 bits per heavy atom. The summed E-state index contributed by atoms with van der Waals surface area (Å²) in [7, 11) is 0. The van der Waals surface area contributed by atoms with Crippen molar-refractivity contribution in [3.63, 3.8) is 0 Å². The van der Waals surface area contributed by atoms with Crippen molar-refractivity contribution in [2.24, 2.45) is 5.73 Å². The summed E-state index contributed by atoms with van der Waals surface area (Å²) < 4.78 is 10.2. The number of hydrogen-bond acceptors (Lipinski definition) is 7. The largest absolute Gasteiger partial charge is 0.485 e. The number of aliphatic hydroxyl groups excluding tert-OH is 1. The van der Waals surface area contributed by atoms with Gasteiger partial charge in [-0.3, -0.25) is 9.59 Å². The Balaban J connectivity index is 1.95. The minimum atomic E-state index is -0.613. The van der Waals surface area contributed by atoms with Crippen LogP contribution in [-0.4, -0.2) is 40.2 Å². The number of aromatic nitrogens is 2. The molecule has 0 aliphatic rings. The van der Waals surface area contributed by atoms with Gasteiger partial charge in [0.1, 0.15) is 5.75 Å². The van der Waals surface area contributed by atoms with Gasteiger partial charge in [0.25, 0.3) is 5.91 Å². The van der Waals surface area contributed by atoms with E-state index >= 15 is 0 Å². The molecule has 0 fully saturated rings. The van der Waals surface area contributed by atoms with E-state index in [1.54, 1.807) is 18.2 Å². The van der Waals surface area contributed by atoms with Crippen molar-refractivity contribution in [1.82, 2.24) is 15.5 Å². The molecule has 0 saturated heterocycles. The third kappa shape index (κ3) is 4.51. The van der Waals surface area contributed by atoms with E-state index in [0.717, 1.165) is 0 Å². The summed E-state index contributed by atoms with van der Waals surface area (Å²) in [6.45, 7) is 0.190. The Hall–Kier alpha value is -2.94. The zero-order valence-corrected chi connectivity index (χ0v) is 12.2. The lowest BCUT2D eigenvalue weighted by molar-refractivity contribution is 0.0906. The number of carbonyl (C=O) groups excluding carboxylic acids is 2. The van der Waals surface area contributed by atoms with Crippen LogP contribution >= 0.6 is 0 Å². The van der Waals surface area contributed by atoms with E-state index in [2.05, 4.69) is 15.5 Å². The standard InChI is InChI=1S/C14H16N4O5/c15-12(20)9-4-1-2-5-10(9)22-8-11-17-14(23-18-11)13(21)16-6-3-7-19/h1-2,4-5,19H,3,6-8H2,(H2,15,20)(H,16,21). The second-order valence-corrected chi connectivity index (χ2v) is 4.50. The van der Waals surface area contributed by atoms with Gasteiger partial charge in [0, 0.05) is 13.2 Å². The number of para-hydroxylation sites is 1. The molecule has 1 heterocycles. The summed E-state index contributed by atoms with van der Waals surface area (Å²) in [6, 6.07) is 6.48. The van der Waals surface area contributed by atoms with E-state index in [0.29, 0.717) is 18.7 Å². The average molecular weight is 320 g/mol. The second-order valence-electron chi connectivity index (χ2n) is 4.50. The number of benzene rings is 1. The minimum absolute atomic E-state index is 0.0253. The molecule has 0 aliphatic heterocycles. The molecule has 0 aliphatic carbocycles. The molecule has 2 rings (SSSR count). The van der Waals surface area contributed by atoms with Gasteiger partial charge in [0.15, 0.2) is 6.61 Å². The second kappa shape index (κ2) is 7.90. The number of nitrogens with zero attached hydrogens (tertiary/aromatic N) is 2.